The summed E-state index contributed by atoms with van der Waals surface area (Å²) in [6, 6.07) is 0. The van der Waals surface area contributed by atoms with Crippen molar-refractivity contribution in [3.05, 3.63) is 12.2 Å². The second-order valence-electron chi connectivity index (χ2n) is 4.31. The molecular weight excluding hydrogens is 152 g/mol. The number of aliphatic hydroxyl groups excluding tert-OH is 1. The first-order valence-electron chi connectivity index (χ1n) is 4.47. The zero-order chi connectivity index (χ0) is 8.77. The standard InChI is InChI=1S/C10H14O2/c1-10(6-11)5-7-2-3-8(10)9(12)4-7/h2-3,7-8,11H,4-6H2,1H3/t7-,8+,10-/m0/s1. The van der Waals surface area contributed by atoms with Gasteiger partial charge >= 0.3 is 0 Å². The van der Waals surface area contributed by atoms with E-state index in [1.54, 1.807) is 0 Å². The molecule has 3 atom stereocenters. The number of rotatable bonds is 1. The van der Waals surface area contributed by atoms with Crippen LogP contribution in [0.1, 0.15) is 19.8 Å². The zero-order valence-corrected chi connectivity index (χ0v) is 7.29. The van der Waals surface area contributed by atoms with E-state index in [9.17, 15) is 9.90 Å². The highest BCUT2D eigenvalue weighted by Crippen LogP contribution is 2.46. The number of allylic oxidation sites excluding steroid dienone is 2. The molecule has 0 spiro atoms. The lowest BCUT2D eigenvalue weighted by molar-refractivity contribution is -0.131. The molecule has 3 rings (SSSR count). The molecule has 3 aliphatic carbocycles. The van der Waals surface area contributed by atoms with Gasteiger partial charge in [-0.1, -0.05) is 19.1 Å². The van der Waals surface area contributed by atoms with Crippen molar-refractivity contribution in [3.63, 3.8) is 0 Å². The number of hydrogen-bond donors (Lipinski definition) is 1. The fraction of sp³-hybridized carbons (Fsp3) is 0.700. The van der Waals surface area contributed by atoms with Crippen molar-refractivity contribution >= 4 is 5.78 Å². The first kappa shape index (κ1) is 7.99. The summed E-state index contributed by atoms with van der Waals surface area (Å²) >= 11 is 0. The maximum Gasteiger partial charge on any atom is 0.140 e. The lowest BCUT2D eigenvalue weighted by Gasteiger charge is -2.44. The van der Waals surface area contributed by atoms with Gasteiger partial charge in [0.05, 0.1) is 0 Å². The molecule has 0 aliphatic heterocycles. The van der Waals surface area contributed by atoms with Crippen LogP contribution in [0, 0.1) is 17.3 Å². The Labute approximate surface area is 72.3 Å². The Bertz CT molecular complexity index is 244. The van der Waals surface area contributed by atoms with Crippen LogP contribution in [0.2, 0.25) is 0 Å². The van der Waals surface area contributed by atoms with Crippen molar-refractivity contribution < 1.29 is 9.90 Å². The van der Waals surface area contributed by atoms with Crippen molar-refractivity contribution in [1.82, 2.24) is 0 Å². The van der Waals surface area contributed by atoms with E-state index >= 15 is 0 Å². The summed E-state index contributed by atoms with van der Waals surface area (Å²) in [4.78, 5) is 11.5. The molecule has 0 saturated heterocycles. The smallest absolute Gasteiger partial charge is 0.140 e. The van der Waals surface area contributed by atoms with Crippen LogP contribution < -0.4 is 0 Å². The van der Waals surface area contributed by atoms with Crippen LogP contribution in [0.5, 0.6) is 0 Å². The summed E-state index contributed by atoms with van der Waals surface area (Å²) in [5, 5.41) is 9.20. The highest BCUT2D eigenvalue weighted by Gasteiger charge is 2.45. The topological polar surface area (TPSA) is 37.3 Å². The number of aliphatic hydroxyl groups is 1. The van der Waals surface area contributed by atoms with Crippen molar-refractivity contribution in [2.24, 2.45) is 17.3 Å². The highest BCUT2D eigenvalue weighted by molar-refractivity contribution is 5.86. The van der Waals surface area contributed by atoms with Gasteiger partial charge in [-0.2, -0.15) is 0 Å². The predicted octanol–water partition coefficient (Wildman–Crippen LogP) is 1.15. The summed E-state index contributed by atoms with van der Waals surface area (Å²) in [6.07, 6.45) is 5.77. The molecule has 0 radical (unpaired) electrons. The van der Waals surface area contributed by atoms with E-state index in [1.165, 1.54) is 0 Å². The average molecular weight is 166 g/mol. The minimum atomic E-state index is -0.172. The van der Waals surface area contributed by atoms with Gasteiger partial charge in [-0.3, -0.25) is 4.79 Å². The molecule has 2 nitrogen and oxygen atoms in total. The molecule has 1 saturated carbocycles. The fourth-order valence-electron chi connectivity index (χ4n) is 2.48. The molecule has 2 heteroatoms. The molecular formula is C10H14O2. The Morgan fingerprint density at radius 3 is 2.83 bits per heavy atom. The third-order valence-corrected chi connectivity index (χ3v) is 3.23. The van der Waals surface area contributed by atoms with E-state index in [0.717, 1.165) is 6.42 Å². The molecule has 0 heterocycles. The maximum absolute atomic E-state index is 11.5. The minimum absolute atomic E-state index is 0.0208. The Hall–Kier alpha value is -0.630. The molecule has 0 aromatic carbocycles. The van der Waals surface area contributed by atoms with Gasteiger partial charge in [-0.15, -0.1) is 0 Å². The van der Waals surface area contributed by atoms with Gasteiger partial charge in [0.2, 0.25) is 0 Å². The van der Waals surface area contributed by atoms with E-state index in [-0.39, 0.29) is 17.9 Å². The maximum atomic E-state index is 11.5. The number of carbonyl (C=O) groups is 1. The third kappa shape index (κ3) is 0.944. The Morgan fingerprint density at radius 2 is 2.42 bits per heavy atom. The first-order chi connectivity index (χ1) is 5.65. The van der Waals surface area contributed by atoms with Gasteiger partial charge in [0, 0.05) is 24.4 Å². The summed E-state index contributed by atoms with van der Waals surface area (Å²) in [5.41, 5.74) is -0.172. The molecule has 66 valence electrons. The van der Waals surface area contributed by atoms with Crippen LogP contribution in [0.4, 0.5) is 0 Å². The van der Waals surface area contributed by atoms with Gasteiger partial charge < -0.3 is 5.11 Å². The second-order valence-corrected chi connectivity index (χ2v) is 4.31. The van der Waals surface area contributed by atoms with Crippen LogP contribution in [0.15, 0.2) is 12.2 Å². The predicted molar refractivity (Wildman–Crippen MR) is 45.6 cm³/mol. The molecule has 3 aliphatic rings. The monoisotopic (exact) mass is 166 g/mol. The fourth-order valence-corrected chi connectivity index (χ4v) is 2.48. The minimum Gasteiger partial charge on any atom is -0.396 e. The van der Waals surface area contributed by atoms with Crippen LogP contribution in [0.3, 0.4) is 0 Å². The largest absolute Gasteiger partial charge is 0.396 e. The van der Waals surface area contributed by atoms with Crippen molar-refractivity contribution in [2.75, 3.05) is 6.61 Å². The lowest BCUT2D eigenvalue weighted by atomic mass is 9.60. The van der Waals surface area contributed by atoms with E-state index in [1.807, 2.05) is 13.0 Å². The summed E-state index contributed by atoms with van der Waals surface area (Å²) < 4.78 is 0. The van der Waals surface area contributed by atoms with E-state index in [2.05, 4.69) is 6.08 Å². The number of hydrogen-bond acceptors (Lipinski definition) is 2. The van der Waals surface area contributed by atoms with Gasteiger partial charge in [0.25, 0.3) is 0 Å². The summed E-state index contributed by atoms with van der Waals surface area (Å²) in [7, 11) is 0. The van der Waals surface area contributed by atoms with Gasteiger partial charge in [-0.05, 0) is 12.3 Å². The number of ketones is 1. The highest BCUT2D eigenvalue weighted by atomic mass is 16.3. The van der Waals surface area contributed by atoms with Crippen LogP contribution in [0.25, 0.3) is 0 Å². The van der Waals surface area contributed by atoms with Crippen molar-refractivity contribution in [3.8, 4) is 0 Å². The third-order valence-electron chi connectivity index (χ3n) is 3.23. The van der Waals surface area contributed by atoms with Gasteiger partial charge in [0.15, 0.2) is 0 Å². The Morgan fingerprint density at radius 1 is 1.67 bits per heavy atom. The normalized spacial score (nSPS) is 45.3. The van der Waals surface area contributed by atoms with Gasteiger partial charge in [-0.25, -0.2) is 0 Å². The second kappa shape index (κ2) is 2.43. The van der Waals surface area contributed by atoms with Crippen molar-refractivity contribution in [2.45, 2.75) is 19.8 Å². The van der Waals surface area contributed by atoms with Crippen LogP contribution >= 0.6 is 0 Å². The molecule has 0 aromatic heterocycles. The van der Waals surface area contributed by atoms with Crippen molar-refractivity contribution in [1.29, 1.82) is 0 Å². The SMILES string of the molecule is C[C@@]1(CO)C[C@H]2C=C[C@@H]1C(=O)C2. The molecule has 0 amide bonds. The molecule has 0 unspecified atom stereocenters. The van der Waals surface area contributed by atoms with E-state index < -0.39 is 0 Å². The van der Waals surface area contributed by atoms with E-state index in [0.29, 0.717) is 18.1 Å². The molecule has 1 N–H and O–H groups in total. The average Bonchev–Trinajstić information content (AvgIpc) is 2.04. The molecule has 0 aromatic rings. The number of Topliss-reactive ketones (excluding diaryl/α,β-unsaturated/α-hetero) is 1. The number of fused-ring (bicyclic) bond motifs is 2. The lowest BCUT2D eigenvalue weighted by Crippen LogP contribution is -2.44. The summed E-state index contributed by atoms with van der Waals surface area (Å²) in [5.74, 6) is 0.678. The Balaban J connectivity index is 2.34. The quantitative estimate of drug-likeness (QED) is 0.593. The zero-order valence-electron chi connectivity index (χ0n) is 7.29. The summed E-state index contributed by atoms with van der Waals surface area (Å²) in [6.45, 7) is 2.13. The number of carbonyl (C=O) groups excluding carboxylic acids is 1. The van der Waals surface area contributed by atoms with Crippen LogP contribution in [-0.2, 0) is 4.79 Å². The molecule has 2 bridgehead atoms. The molecule has 1 fully saturated rings. The van der Waals surface area contributed by atoms with Gasteiger partial charge in [0.1, 0.15) is 5.78 Å². The van der Waals surface area contributed by atoms with Crippen LogP contribution in [-0.4, -0.2) is 17.5 Å². The Kier molecular flexibility index (Phi) is 1.62. The molecule has 12 heavy (non-hydrogen) atoms. The van der Waals surface area contributed by atoms with E-state index in [4.69, 9.17) is 0 Å². The first-order valence-corrected chi connectivity index (χ1v) is 4.47.